The minimum atomic E-state index is -0.468. The Bertz CT molecular complexity index is 3350. The van der Waals surface area contributed by atoms with Crippen molar-refractivity contribution in [2.24, 2.45) is 0 Å². The second-order valence-corrected chi connectivity index (χ2v) is 19.8. The minimum Gasteiger partial charge on any atom is -0.497 e. The number of hydrogen-bond donors (Lipinski definition) is 1. The number of imide groups is 2. The summed E-state index contributed by atoms with van der Waals surface area (Å²) in [4.78, 5) is 83.3. The van der Waals surface area contributed by atoms with Crippen LogP contribution in [0.3, 0.4) is 0 Å². The Kier molecular flexibility index (Phi) is 20.5. The average Bonchev–Trinajstić information content (AvgIpc) is 4.33. The highest BCUT2D eigenvalue weighted by molar-refractivity contribution is 7.18. The molecule has 0 aliphatic carbocycles. The molecule has 4 heterocycles. The van der Waals surface area contributed by atoms with E-state index in [9.17, 15) is 37.5 Å². The van der Waals surface area contributed by atoms with E-state index >= 15 is 0 Å². The summed E-state index contributed by atoms with van der Waals surface area (Å²) in [5.74, 6) is 0.286. The van der Waals surface area contributed by atoms with Crippen molar-refractivity contribution in [3.05, 3.63) is 136 Å². The van der Waals surface area contributed by atoms with Crippen molar-refractivity contribution in [2.75, 3.05) is 83.7 Å². The van der Waals surface area contributed by atoms with Crippen LogP contribution < -0.4 is 33.5 Å². The summed E-state index contributed by atoms with van der Waals surface area (Å²) in [6.45, 7) is 2.39. The fraction of sp³-hybridized carbons (Fsp3) is 0.322. The maximum atomic E-state index is 14.2. The summed E-state index contributed by atoms with van der Waals surface area (Å²) in [5.41, 5.74) is 2.90. The number of halogens is 2. The van der Waals surface area contributed by atoms with E-state index in [-0.39, 0.29) is 89.2 Å². The SMILES string of the molecule is C.COc1cc(C(=O)CCC(=O)N2CCCN(c3csc4c(F)cccc34)C2=O)ccc1OCCO.COc1ccc(COCCOc2ccc(C(=O)CCC(=O)N3CCCN(c4csc5c(F)cccc45)C3=O)cc2OC)cc1.[2H][2H]. The van der Waals surface area contributed by atoms with Gasteiger partial charge in [0.15, 0.2) is 34.6 Å². The Balaban J connectivity index is 0.000000259. The number of carbonyl (C=O) groups excluding carboxylic acids is 6. The summed E-state index contributed by atoms with van der Waals surface area (Å²) in [6, 6.07) is 25.7. The van der Waals surface area contributed by atoms with Crippen LogP contribution in [0.4, 0.5) is 29.7 Å². The molecule has 0 bridgehead atoms. The average molecular weight is 1140 g/mol. The molecule has 17 nitrogen and oxygen atoms in total. The molecule has 2 aliphatic rings. The zero-order chi connectivity index (χ0) is 58.0. The van der Waals surface area contributed by atoms with Crippen LogP contribution in [-0.4, -0.2) is 124 Å². The van der Waals surface area contributed by atoms with Gasteiger partial charge >= 0.3 is 12.1 Å². The first-order valence-corrected chi connectivity index (χ1v) is 27.1. The highest BCUT2D eigenvalue weighted by atomic mass is 32.1. The van der Waals surface area contributed by atoms with E-state index < -0.39 is 23.9 Å². The number of thiophene rings is 2. The lowest BCUT2D eigenvalue weighted by molar-refractivity contribution is -0.129. The number of amides is 6. The second-order valence-electron chi connectivity index (χ2n) is 18.0. The van der Waals surface area contributed by atoms with E-state index in [2.05, 4.69) is 0 Å². The zero-order valence-corrected chi connectivity index (χ0v) is 45.3. The highest BCUT2D eigenvalue weighted by Gasteiger charge is 2.34. The normalized spacial score (nSPS) is 13.5. The van der Waals surface area contributed by atoms with E-state index in [0.29, 0.717) is 105 Å². The Labute approximate surface area is 472 Å². The molecular weight excluding hydrogens is 1070 g/mol. The van der Waals surface area contributed by atoms with Crippen molar-refractivity contribution in [3.8, 4) is 28.7 Å². The molecule has 0 radical (unpaired) electrons. The van der Waals surface area contributed by atoms with Crippen LogP contribution in [0.1, 0.15) is 75.2 Å². The van der Waals surface area contributed by atoms with Gasteiger partial charge in [-0.25, -0.2) is 18.4 Å². The number of rotatable bonds is 22. The minimum absolute atomic E-state index is 0. The Hall–Kier alpha value is -7.98. The standard InChI is InChI=1S/C33H33FN2O7S.C25H25FN2O6S.CH4.H2/c1-40-24-10-7-22(8-11-24)20-42-17-18-43-29-13-9-23(19-30(29)41-2)28(37)12-14-31(38)36-16-4-15-35(33(36)39)27-21-44-32-25(27)5-3-6-26(32)34;1-33-22-14-16(6-8-21(22)34-13-12-29)20(30)7-9-23(31)28-11-3-10-27(25(28)32)19-15-35-24-17(19)4-2-5-18(24)26;;/h3,5-11,13,19,21H,4,12,14-18,20H2,1-2H3;2,4-6,8,14-15,29H,3,7,9-13H2,1H3;1H4;1H/i;;;1+1D. The topological polar surface area (TPSA) is 191 Å². The lowest BCUT2D eigenvalue weighted by Gasteiger charge is -2.34. The smallest absolute Gasteiger partial charge is 0.331 e. The van der Waals surface area contributed by atoms with Gasteiger partial charge in [0.05, 0.1) is 61.9 Å². The van der Waals surface area contributed by atoms with Crippen molar-refractivity contribution in [1.82, 2.24) is 9.80 Å². The number of carbonyl (C=O) groups is 6. The maximum Gasteiger partial charge on any atom is 0.331 e. The predicted octanol–water partition coefficient (Wildman–Crippen LogP) is 11.6. The van der Waals surface area contributed by atoms with Gasteiger partial charge in [0.1, 0.15) is 30.6 Å². The van der Waals surface area contributed by atoms with Gasteiger partial charge in [-0.1, -0.05) is 43.8 Å². The molecule has 1 N–H and O–H groups in total. The number of benzene rings is 5. The third kappa shape index (κ3) is 14.1. The van der Waals surface area contributed by atoms with Crippen molar-refractivity contribution < 1.29 is 74.0 Å². The quantitative estimate of drug-likeness (QED) is 0.0499. The lowest BCUT2D eigenvalue weighted by atomic mass is 10.1. The van der Waals surface area contributed by atoms with Gasteiger partial charge in [-0.05, 0) is 79.1 Å². The maximum absolute atomic E-state index is 14.2. The number of nitrogens with zero attached hydrogens (tertiary/aromatic N) is 4. The predicted molar refractivity (Wildman–Crippen MR) is 304 cm³/mol. The number of aliphatic hydroxyl groups excluding tert-OH is 1. The molecule has 424 valence electrons. The van der Waals surface area contributed by atoms with Gasteiger partial charge in [0.25, 0.3) is 0 Å². The molecule has 0 saturated carbocycles. The molecule has 9 rings (SSSR count). The molecule has 2 aliphatic heterocycles. The van der Waals surface area contributed by atoms with Crippen molar-refractivity contribution in [2.45, 2.75) is 52.6 Å². The number of fused-ring (bicyclic) bond motifs is 2. The number of hydrogen-bond acceptors (Lipinski definition) is 15. The molecule has 80 heavy (non-hydrogen) atoms. The lowest BCUT2D eigenvalue weighted by Crippen LogP contribution is -2.51. The van der Waals surface area contributed by atoms with Gasteiger partial charge in [-0.15, -0.1) is 22.7 Å². The number of ether oxygens (including phenoxy) is 6. The van der Waals surface area contributed by atoms with E-state index in [1.165, 1.54) is 69.8 Å². The molecule has 5 aromatic carbocycles. The van der Waals surface area contributed by atoms with E-state index in [1.807, 2.05) is 24.3 Å². The van der Waals surface area contributed by atoms with E-state index in [1.54, 1.807) is 72.5 Å². The molecule has 2 aromatic heterocycles. The van der Waals surface area contributed by atoms with Gasteiger partial charge in [0, 0.05) is 87.5 Å². The fourth-order valence-corrected chi connectivity index (χ4v) is 10.9. The first-order valence-electron chi connectivity index (χ1n) is 26.4. The van der Waals surface area contributed by atoms with Crippen LogP contribution in [0.15, 0.2) is 108 Å². The van der Waals surface area contributed by atoms with Gasteiger partial charge in [-0.2, -0.15) is 0 Å². The van der Waals surface area contributed by atoms with Crippen LogP contribution in [0, 0.1) is 11.6 Å². The summed E-state index contributed by atoms with van der Waals surface area (Å²) >= 11 is 2.44. The molecule has 0 spiro atoms. The third-order valence-electron chi connectivity index (χ3n) is 13.1. The largest absolute Gasteiger partial charge is 0.497 e. The van der Waals surface area contributed by atoms with Crippen molar-refractivity contribution in [3.63, 3.8) is 0 Å². The summed E-state index contributed by atoms with van der Waals surface area (Å²) in [5, 5.41) is 13.6. The van der Waals surface area contributed by atoms with Gasteiger partial charge in [-0.3, -0.25) is 38.8 Å². The number of urea groups is 2. The van der Waals surface area contributed by atoms with Gasteiger partial charge < -0.3 is 33.5 Å². The Morgan fingerprint density at radius 3 is 1.51 bits per heavy atom. The van der Waals surface area contributed by atoms with Gasteiger partial charge in [0.2, 0.25) is 11.8 Å². The number of Topliss-reactive ketones (excluding diaryl/α,β-unsaturated/α-hetero) is 2. The number of ketones is 2. The van der Waals surface area contributed by atoms with Crippen molar-refractivity contribution >= 4 is 89.7 Å². The molecule has 0 unspecified atom stereocenters. The van der Waals surface area contributed by atoms with E-state index in [0.717, 1.165) is 16.2 Å². The number of aliphatic hydroxyl groups is 1. The second kappa shape index (κ2) is 28.3. The first kappa shape index (κ1) is 58.2. The fourth-order valence-electron chi connectivity index (χ4n) is 8.99. The summed E-state index contributed by atoms with van der Waals surface area (Å²) in [7, 11) is 4.55. The summed E-state index contributed by atoms with van der Waals surface area (Å²) in [6.07, 6.45) is 0.757. The zero-order valence-electron chi connectivity index (χ0n) is 45.7. The van der Waals surface area contributed by atoms with Crippen molar-refractivity contribution in [1.29, 1.82) is 0 Å². The molecular formula is C59H64F2N4O13S2. The Morgan fingerprint density at radius 2 is 1.06 bits per heavy atom. The van der Waals surface area contributed by atoms with Crippen LogP contribution in [0.25, 0.3) is 20.2 Å². The van der Waals surface area contributed by atoms with Crippen LogP contribution >= 0.6 is 22.7 Å². The summed E-state index contributed by atoms with van der Waals surface area (Å²) < 4.78 is 71.9. The number of methoxy groups -OCH3 is 3. The molecule has 2 saturated heterocycles. The molecule has 2 fully saturated rings. The molecule has 7 aromatic rings. The Morgan fingerprint density at radius 1 is 0.588 bits per heavy atom. The number of anilines is 2. The monoisotopic (exact) mass is 1140 g/mol. The third-order valence-corrected chi connectivity index (χ3v) is 15.0. The molecule has 6 amide bonds. The molecule has 21 heteroatoms. The highest BCUT2D eigenvalue weighted by Crippen LogP contribution is 2.38. The molecule has 0 atom stereocenters. The van der Waals surface area contributed by atoms with Crippen LogP contribution in [0.2, 0.25) is 0 Å². The van der Waals surface area contributed by atoms with Crippen LogP contribution in [0.5, 0.6) is 28.7 Å². The van der Waals surface area contributed by atoms with Crippen LogP contribution in [-0.2, 0) is 20.9 Å². The first-order chi connectivity index (χ1) is 39.3. The van der Waals surface area contributed by atoms with E-state index in [4.69, 9.17) is 36.5 Å².